The maximum absolute atomic E-state index is 12.1. The summed E-state index contributed by atoms with van der Waals surface area (Å²) < 4.78 is 23.5. The summed E-state index contributed by atoms with van der Waals surface area (Å²) in [5.41, 5.74) is 0.981. The molecule has 2 atom stereocenters. The molecule has 3 saturated heterocycles. The second kappa shape index (κ2) is 7.44. The van der Waals surface area contributed by atoms with E-state index in [4.69, 9.17) is 21.1 Å². The summed E-state index contributed by atoms with van der Waals surface area (Å²) >= 11 is 6.08. The molecule has 3 fully saturated rings. The van der Waals surface area contributed by atoms with Crippen LogP contribution >= 0.6 is 11.6 Å². The number of nitrogens with one attached hydrogen (secondary N) is 1. The molecule has 0 amide bonds. The third kappa shape index (κ3) is 3.80. The van der Waals surface area contributed by atoms with Crippen molar-refractivity contribution in [3.63, 3.8) is 0 Å². The highest BCUT2D eigenvalue weighted by Crippen LogP contribution is 2.29. The fourth-order valence-electron chi connectivity index (χ4n) is 2.77. The molecule has 1 aromatic heterocycles. The van der Waals surface area contributed by atoms with Crippen molar-refractivity contribution in [1.82, 2.24) is 10.3 Å². The van der Waals surface area contributed by atoms with Crippen molar-refractivity contribution in [2.24, 2.45) is 0 Å². The van der Waals surface area contributed by atoms with Gasteiger partial charge in [-0.15, -0.1) is 0 Å². The number of anilines is 1. The van der Waals surface area contributed by atoms with Crippen LogP contribution in [-0.2, 0) is 4.74 Å². The summed E-state index contributed by atoms with van der Waals surface area (Å²) in [7, 11) is 0. The number of aromatic nitrogens is 1. The number of halogens is 2. The Bertz CT molecular complexity index is 484. The topological polar surface area (TPSA) is 46.6 Å². The Morgan fingerprint density at radius 1 is 1.45 bits per heavy atom. The number of hydrogen-bond acceptors (Lipinski definition) is 5. The van der Waals surface area contributed by atoms with Crippen molar-refractivity contribution >= 4 is 17.3 Å². The van der Waals surface area contributed by atoms with E-state index in [9.17, 15) is 4.39 Å². The van der Waals surface area contributed by atoms with Gasteiger partial charge in [-0.25, -0.2) is 4.98 Å². The summed E-state index contributed by atoms with van der Waals surface area (Å²) in [4.78, 5) is 6.47. The number of morpholine rings is 1. The summed E-state index contributed by atoms with van der Waals surface area (Å²) in [6.07, 6.45) is 3.14. The fraction of sp³-hybridized carbons (Fsp3) is 0.667. The van der Waals surface area contributed by atoms with Crippen LogP contribution in [0.3, 0.4) is 0 Å². The normalized spacial score (nSPS) is 24.4. The summed E-state index contributed by atoms with van der Waals surface area (Å²) in [5.74, 6) is 0.559. The van der Waals surface area contributed by atoms with Gasteiger partial charge in [-0.2, -0.15) is 0 Å². The first kappa shape index (κ1) is 15.8. The highest BCUT2D eigenvalue weighted by Gasteiger charge is 2.30. The molecule has 1 aromatic rings. The highest BCUT2D eigenvalue weighted by atomic mass is 35.5. The maximum atomic E-state index is 12.1. The Kier molecular flexibility index (Phi) is 5.33. The van der Waals surface area contributed by atoms with Crippen LogP contribution in [0, 0.1) is 0 Å². The number of unbranched alkanes of at least 4 members (excludes halogenated alkanes) is 1. The van der Waals surface area contributed by atoms with Gasteiger partial charge >= 0.3 is 0 Å². The first-order chi connectivity index (χ1) is 10.8. The van der Waals surface area contributed by atoms with Crippen LogP contribution in [-0.4, -0.2) is 56.7 Å². The monoisotopic (exact) mass is 329 g/mol. The minimum Gasteiger partial charge on any atom is -0.490 e. The minimum atomic E-state index is -0.320. The number of pyridine rings is 1. The van der Waals surface area contributed by atoms with E-state index >= 15 is 0 Å². The van der Waals surface area contributed by atoms with Crippen molar-refractivity contribution in [2.45, 2.75) is 25.0 Å². The van der Waals surface area contributed by atoms with Crippen LogP contribution < -0.4 is 15.0 Å². The van der Waals surface area contributed by atoms with Gasteiger partial charge in [0.15, 0.2) is 10.9 Å². The van der Waals surface area contributed by atoms with E-state index in [-0.39, 0.29) is 12.8 Å². The number of fused-ring (bicyclic) bond motifs is 4. The third-order valence-corrected chi connectivity index (χ3v) is 4.26. The largest absolute Gasteiger partial charge is 0.490 e. The number of ether oxygens (including phenoxy) is 2. The number of hydrogen-bond donors (Lipinski definition) is 1. The predicted octanol–water partition coefficient (Wildman–Crippen LogP) is 2.04. The van der Waals surface area contributed by atoms with Crippen LogP contribution in [0.15, 0.2) is 12.3 Å². The lowest BCUT2D eigenvalue weighted by atomic mass is 10.2. The molecule has 0 saturated carbocycles. The van der Waals surface area contributed by atoms with Gasteiger partial charge in [0.05, 0.1) is 37.9 Å². The van der Waals surface area contributed by atoms with Gasteiger partial charge in [0.25, 0.3) is 0 Å². The van der Waals surface area contributed by atoms with Crippen LogP contribution in [0.1, 0.15) is 12.8 Å². The van der Waals surface area contributed by atoms with Crippen molar-refractivity contribution < 1.29 is 13.9 Å². The molecule has 22 heavy (non-hydrogen) atoms. The summed E-state index contributed by atoms with van der Waals surface area (Å²) in [5, 5.41) is 3.82. The van der Waals surface area contributed by atoms with Crippen LogP contribution in [0.25, 0.3) is 0 Å². The second-order valence-electron chi connectivity index (χ2n) is 5.69. The molecular weight excluding hydrogens is 309 g/mol. The summed E-state index contributed by atoms with van der Waals surface area (Å²) in [6.45, 7) is 3.46. The molecule has 3 aliphatic rings. The first-order valence-corrected chi connectivity index (χ1v) is 8.08. The van der Waals surface area contributed by atoms with E-state index in [1.165, 1.54) is 0 Å². The van der Waals surface area contributed by atoms with Gasteiger partial charge in [-0.1, -0.05) is 11.6 Å². The Labute approximate surface area is 134 Å². The van der Waals surface area contributed by atoms with Gasteiger partial charge in [-0.3, -0.25) is 4.39 Å². The zero-order valence-corrected chi connectivity index (χ0v) is 13.2. The molecule has 5 nitrogen and oxygen atoms in total. The third-order valence-electron chi connectivity index (χ3n) is 3.98. The Morgan fingerprint density at radius 2 is 2.36 bits per heavy atom. The van der Waals surface area contributed by atoms with Crippen molar-refractivity contribution in [3.8, 4) is 5.75 Å². The highest BCUT2D eigenvalue weighted by molar-refractivity contribution is 6.30. The number of nitrogens with zero attached hydrogens (tertiary/aromatic N) is 2. The molecule has 3 aliphatic heterocycles. The van der Waals surface area contributed by atoms with E-state index in [0.717, 1.165) is 31.9 Å². The van der Waals surface area contributed by atoms with E-state index in [0.29, 0.717) is 36.4 Å². The molecule has 122 valence electrons. The molecule has 4 heterocycles. The molecule has 0 spiro atoms. The van der Waals surface area contributed by atoms with E-state index < -0.39 is 0 Å². The van der Waals surface area contributed by atoms with Gasteiger partial charge in [0, 0.05) is 31.7 Å². The van der Waals surface area contributed by atoms with E-state index in [1.54, 1.807) is 6.20 Å². The lowest BCUT2D eigenvalue weighted by Crippen LogP contribution is -2.45. The SMILES string of the molecule is FCCCCOc1cc(N2CC3COC(CN3)C2)cnc1Cl. The van der Waals surface area contributed by atoms with Crippen molar-refractivity contribution in [3.05, 3.63) is 17.4 Å². The van der Waals surface area contributed by atoms with Gasteiger partial charge < -0.3 is 19.7 Å². The Balaban J connectivity index is 1.68. The number of alkyl halides is 1. The molecule has 2 unspecified atom stereocenters. The van der Waals surface area contributed by atoms with Crippen molar-refractivity contribution in [1.29, 1.82) is 0 Å². The van der Waals surface area contributed by atoms with Gasteiger partial charge in [0.1, 0.15) is 0 Å². The smallest absolute Gasteiger partial charge is 0.171 e. The quantitative estimate of drug-likeness (QED) is 0.639. The molecule has 4 rings (SSSR count). The molecule has 7 heteroatoms. The van der Waals surface area contributed by atoms with Crippen LogP contribution in [0.2, 0.25) is 5.15 Å². The standard InChI is InChI=1S/C15H21ClFN3O2/c16-15-14(21-4-2-1-3-17)5-12(6-19-15)20-8-11-10-22-13(9-20)7-18-11/h5-6,11,13,18H,1-4,7-10H2. The molecule has 0 aromatic carbocycles. The molecular formula is C15H21ClFN3O2. The fourth-order valence-corrected chi connectivity index (χ4v) is 2.93. The minimum absolute atomic E-state index is 0.198. The average molecular weight is 330 g/mol. The average Bonchev–Trinajstić information content (AvgIpc) is 2.87. The first-order valence-electron chi connectivity index (χ1n) is 7.70. The van der Waals surface area contributed by atoms with Gasteiger partial charge in [-0.05, 0) is 12.8 Å². The van der Waals surface area contributed by atoms with E-state index in [1.807, 2.05) is 6.07 Å². The van der Waals surface area contributed by atoms with Crippen molar-refractivity contribution in [2.75, 3.05) is 44.4 Å². The molecule has 0 aliphatic carbocycles. The lowest BCUT2D eigenvalue weighted by molar-refractivity contribution is 0.0259. The summed E-state index contributed by atoms with van der Waals surface area (Å²) in [6, 6.07) is 2.25. The molecule has 0 radical (unpaired) electrons. The van der Waals surface area contributed by atoms with Gasteiger partial charge in [0.2, 0.25) is 0 Å². The zero-order chi connectivity index (χ0) is 15.4. The molecule has 1 N–H and O–H groups in total. The number of rotatable bonds is 6. The maximum Gasteiger partial charge on any atom is 0.171 e. The van der Waals surface area contributed by atoms with E-state index in [2.05, 4.69) is 15.2 Å². The zero-order valence-electron chi connectivity index (χ0n) is 12.4. The second-order valence-corrected chi connectivity index (χ2v) is 6.05. The Morgan fingerprint density at radius 3 is 3.14 bits per heavy atom. The molecule has 2 bridgehead atoms. The predicted molar refractivity (Wildman–Crippen MR) is 83.7 cm³/mol. The Hall–Kier alpha value is -1.11. The van der Waals surface area contributed by atoms with Crippen LogP contribution in [0.5, 0.6) is 5.75 Å². The lowest BCUT2D eigenvalue weighted by Gasteiger charge is -2.24. The van der Waals surface area contributed by atoms with Crippen LogP contribution in [0.4, 0.5) is 10.1 Å².